The van der Waals surface area contributed by atoms with Crippen molar-refractivity contribution in [1.82, 2.24) is 19.6 Å². The summed E-state index contributed by atoms with van der Waals surface area (Å²) in [6.45, 7) is 3.53. The fourth-order valence-corrected chi connectivity index (χ4v) is 1.97. The smallest absolute Gasteiger partial charge is 0.192 e. The number of rotatable bonds is 3. The van der Waals surface area contributed by atoms with Crippen molar-refractivity contribution in [2.24, 2.45) is 14.1 Å². The maximum Gasteiger partial charge on any atom is 0.192 e. The van der Waals surface area contributed by atoms with E-state index in [0.717, 1.165) is 0 Å². The third-order valence-electron chi connectivity index (χ3n) is 2.84. The van der Waals surface area contributed by atoms with Gasteiger partial charge in [0.25, 0.3) is 0 Å². The van der Waals surface area contributed by atoms with Crippen LogP contribution in [-0.4, -0.2) is 30.5 Å². The average molecular weight is 260 g/mol. The van der Waals surface area contributed by atoms with Crippen molar-refractivity contribution in [2.75, 3.05) is 0 Å². The van der Waals surface area contributed by atoms with E-state index in [1.807, 2.05) is 0 Å². The maximum atomic E-state index is 12.1. The summed E-state index contributed by atoms with van der Waals surface area (Å²) < 4.78 is 3.16. The van der Waals surface area contributed by atoms with Gasteiger partial charge in [-0.15, -0.1) is 0 Å². The second-order valence-electron chi connectivity index (χ2n) is 4.50. The van der Waals surface area contributed by atoms with Crippen LogP contribution in [0.25, 0.3) is 5.76 Å². The molecule has 19 heavy (non-hydrogen) atoms. The van der Waals surface area contributed by atoms with E-state index in [2.05, 4.69) is 10.2 Å². The largest absolute Gasteiger partial charge is 0.507 e. The van der Waals surface area contributed by atoms with Crippen molar-refractivity contribution in [3.05, 3.63) is 41.0 Å². The molecule has 0 saturated heterocycles. The van der Waals surface area contributed by atoms with Gasteiger partial charge in [0.05, 0.1) is 22.5 Å². The van der Waals surface area contributed by atoms with E-state index >= 15 is 0 Å². The van der Waals surface area contributed by atoms with Crippen LogP contribution in [0, 0.1) is 13.8 Å². The van der Waals surface area contributed by atoms with Crippen molar-refractivity contribution in [3.8, 4) is 0 Å². The topological polar surface area (TPSA) is 72.9 Å². The number of ketones is 1. The predicted molar refractivity (Wildman–Crippen MR) is 70.8 cm³/mol. The van der Waals surface area contributed by atoms with E-state index in [9.17, 15) is 9.90 Å². The van der Waals surface area contributed by atoms with Crippen LogP contribution in [0.1, 0.15) is 27.3 Å². The maximum absolute atomic E-state index is 12.1. The lowest BCUT2D eigenvalue weighted by Gasteiger charge is -1.97. The molecule has 0 aliphatic heterocycles. The molecule has 0 unspecified atom stereocenters. The molecule has 0 spiro atoms. The number of hydrogen-bond acceptors (Lipinski definition) is 4. The number of carbonyl (C=O) groups excluding carboxylic acids is 1. The van der Waals surface area contributed by atoms with Crippen molar-refractivity contribution in [2.45, 2.75) is 13.8 Å². The third-order valence-corrected chi connectivity index (χ3v) is 2.84. The second kappa shape index (κ2) is 4.72. The molecule has 0 amide bonds. The van der Waals surface area contributed by atoms with Crippen molar-refractivity contribution < 1.29 is 9.90 Å². The van der Waals surface area contributed by atoms with E-state index in [-0.39, 0.29) is 11.5 Å². The summed E-state index contributed by atoms with van der Waals surface area (Å²) in [6.07, 6.45) is 4.51. The molecular formula is C13H16N4O2. The van der Waals surface area contributed by atoms with Crippen LogP contribution in [0.5, 0.6) is 0 Å². The van der Waals surface area contributed by atoms with Crippen LogP contribution in [0.15, 0.2) is 18.5 Å². The number of hydrogen-bond donors (Lipinski definition) is 1. The molecule has 0 atom stereocenters. The Morgan fingerprint density at radius 3 is 2.00 bits per heavy atom. The molecule has 0 saturated carbocycles. The molecule has 2 aromatic heterocycles. The van der Waals surface area contributed by atoms with Crippen LogP contribution >= 0.6 is 0 Å². The van der Waals surface area contributed by atoms with Gasteiger partial charge >= 0.3 is 0 Å². The summed E-state index contributed by atoms with van der Waals surface area (Å²) in [5, 5.41) is 18.2. The van der Waals surface area contributed by atoms with Gasteiger partial charge in [0.1, 0.15) is 5.76 Å². The number of aliphatic hydroxyl groups is 1. The first-order chi connectivity index (χ1) is 8.88. The number of nitrogens with zero attached hydrogens (tertiary/aromatic N) is 4. The molecule has 0 aliphatic rings. The van der Waals surface area contributed by atoms with Gasteiger partial charge < -0.3 is 5.11 Å². The molecule has 0 fully saturated rings. The minimum atomic E-state index is -0.272. The van der Waals surface area contributed by atoms with Crippen LogP contribution in [0.2, 0.25) is 0 Å². The zero-order valence-electron chi connectivity index (χ0n) is 11.4. The SMILES string of the molecule is Cc1nn(C)cc1C(=O)C=C(O)c1cn(C)nc1C. The third kappa shape index (κ3) is 2.57. The number of aliphatic hydroxyl groups excluding tert-OH is 1. The fourth-order valence-electron chi connectivity index (χ4n) is 1.97. The normalized spacial score (nSPS) is 11.9. The van der Waals surface area contributed by atoms with E-state index in [0.29, 0.717) is 22.5 Å². The first-order valence-electron chi connectivity index (χ1n) is 5.84. The van der Waals surface area contributed by atoms with E-state index in [1.165, 1.54) is 6.08 Å². The highest BCUT2D eigenvalue weighted by Crippen LogP contribution is 2.16. The summed E-state index contributed by atoms with van der Waals surface area (Å²) in [7, 11) is 3.51. The average Bonchev–Trinajstić information content (AvgIpc) is 2.81. The quantitative estimate of drug-likeness (QED) is 0.516. The molecule has 0 radical (unpaired) electrons. The highest BCUT2D eigenvalue weighted by molar-refractivity contribution is 6.08. The minimum Gasteiger partial charge on any atom is -0.507 e. The highest BCUT2D eigenvalue weighted by Gasteiger charge is 2.14. The molecule has 2 rings (SSSR count). The van der Waals surface area contributed by atoms with Crippen LogP contribution in [0.4, 0.5) is 0 Å². The van der Waals surface area contributed by atoms with Gasteiger partial charge in [-0.2, -0.15) is 10.2 Å². The van der Waals surface area contributed by atoms with Gasteiger partial charge in [0.2, 0.25) is 0 Å². The lowest BCUT2D eigenvalue weighted by Crippen LogP contribution is -1.97. The summed E-state index contributed by atoms with van der Waals surface area (Å²) in [5.74, 6) is -0.356. The second-order valence-corrected chi connectivity index (χ2v) is 4.50. The van der Waals surface area contributed by atoms with Gasteiger partial charge in [-0.1, -0.05) is 0 Å². The lowest BCUT2D eigenvalue weighted by molar-refractivity contribution is 0.104. The standard InChI is InChI=1S/C13H16N4O2/c1-8-10(6-16(3)14-8)12(18)5-13(19)11-7-17(4)15-9(11)2/h5-7,18H,1-4H3. The number of carbonyl (C=O) groups is 1. The zero-order valence-corrected chi connectivity index (χ0v) is 11.4. The Morgan fingerprint density at radius 1 is 1.11 bits per heavy atom. The number of allylic oxidation sites excluding steroid dienone is 1. The Kier molecular flexibility index (Phi) is 3.25. The van der Waals surface area contributed by atoms with E-state index < -0.39 is 0 Å². The number of aryl methyl sites for hydroxylation is 4. The summed E-state index contributed by atoms with van der Waals surface area (Å²) in [4.78, 5) is 12.1. The molecular weight excluding hydrogens is 244 g/mol. The van der Waals surface area contributed by atoms with Crippen LogP contribution in [0.3, 0.4) is 0 Å². The first-order valence-corrected chi connectivity index (χ1v) is 5.84. The van der Waals surface area contributed by atoms with Gasteiger partial charge in [0.15, 0.2) is 5.78 Å². The van der Waals surface area contributed by atoms with Gasteiger partial charge in [-0.3, -0.25) is 14.2 Å². The van der Waals surface area contributed by atoms with E-state index in [4.69, 9.17) is 0 Å². The minimum absolute atomic E-state index is 0.0844. The van der Waals surface area contributed by atoms with Gasteiger partial charge in [-0.25, -0.2) is 0 Å². The van der Waals surface area contributed by atoms with E-state index in [1.54, 1.807) is 49.7 Å². The van der Waals surface area contributed by atoms with Crippen LogP contribution < -0.4 is 0 Å². The Balaban J connectivity index is 2.33. The summed E-state index contributed by atoms with van der Waals surface area (Å²) >= 11 is 0. The molecule has 2 aromatic rings. The van der Waals surface area contributed by atoms with Crippen molar-refractivity contribution >= 4 is 11.5 Å². The first kappa shape index (κ1) is 13.1. The lowest BCUT2D eigenvalue weighted by atomic mass is 10.1. The molecule has 0 aliphatic carbocycles. The molecule has 0 aromatic carbocycles. The molecule has 1 N–H and O–H groups in total. The fraction of sp³-hybridized carbons (Fsp3) is 0.308. The zero-order chi connectivity index (χ0) is 14.2. The molecule has 6 nitrogen and oxygen atoms in total. The van der Waals surface area contributed by atoms with Crippen molar-refractivity contribution in [3.63, 3.8) is 0 Å². The monoisotopic (exact) mass is 260 g/mol. The Bertz CT molecular complexity index is 664. The Hall–Kier alpha value is -2.37. The van der Waals surface area contributed by atoms with Crippen LogP contribution in [-0.2, 0) is 14.1 Å². The van der Waals surface area contributed by atoms with Crippen molar-refractivity contribution in [1.29, 1.82) is 0 Å². The Labute approximate surface area is 111 Å². The molecule has 100 valence electrons. The molecule has 2 heterocycles. The van der Waals surface area contributed by atoms with Gasteiger partial charge in [0, 0.05) is 32.6 Å². The highest BCUT2D eigenvalue weighted by atomic mass is 16.3. The Morgan fingerprint density at radius 2 is 1.58 bits per heavy atom. The molecule has 0 bridgehead atoms. The predicted octanol–water partition coefficient (Wildman–Crippen LogP) is 1.55. The summed E-state index contributed by atoms with van der Waals surface area (Å²) in [5.41, 5.74) is 2.35. The number of aromatic nitrogens is 4. The van der Waals surface area contributed by atoms with Gasteiger partial charge in [-0.05, 0) is 13.8 Å². The summed E-state index contributed by atoms with van der Waals surface area (Å²) in [6, 6.07) is 0. The molecule has 6 heteroatoms.